The van der Waals surface area contributed by atoms with Gasteiger partial charge in [-0.15, -0.1) is 0 Å². The van der Waals surface area contributed by atoms with E-state index in [1.807, 2.05) is 42.5 Å². The van der Waals surface area contributed by atoms with Crippen molar-refractivity contribution >= 4 is 5.96 Å². The number of para-hydroxylation sites is 1. The Balaban J connectivity index is 1.60. The van der Waals surface area contributed by atoms with Gasteiger partial charge in [0.1, 0.15) is 11.5 Å². The van der Waals surface area contributed by atoms with Crippen LogP contribution in [0.25, 0.3) is 0 Å². The Morgan fingerprint density at radius 3 is 2.79 bits per heavy atom. The standard InChI is InChI=1S/C23H31N3O3/c1-18-6-5-8-20(14-18)29-21-9-4-3-7-19(21)15-25-22(24-2)26-16-23(10-12-27)11-13-28-17-23/h3-9,14,27H,10-13,15-17H2,1-2H3,(H2,24,25,26). The highest BCUT2D eigenvalue weighted by atomic mass is 16.5. The normalized spacial score (nSPS) is 19.2. The van der Waals surface area contributed by atoms with Gasteiger partial charge in [0.05, 0.1) is 6.61 Å². The van der Waals surface area contributed by atoms with Crippen LogP contribution in [0.15, 0.2) is 53.5 Å². The Bertz CT molecular complexity index is 817. The number of aliphatic imine (C=N–C) groups is 1. The lowest BCUT2D eigenvalue weighted by molar-refractivity contribution is 0.127. The Morgan fingerprint density at radius 2 is 2.07 bits per heavy atom. The van der Waals surface area contributed by atoms with Crippen LogP contribution in [-0.2, 0) is 11.3 Å². The molecule has 2 aromatic rings. The Labute approximate surface area is 173 Å². The van der Waals surface area contributed by atoms with E-state index in [9.17, 15) is 5.11 Å². The lowest BCUT2D eigenvalue weighted by atomic mass is 9.84. The van der Waals surface area contributed by atoms with Crippen molar-refractivity contribution in [2.45, 2.75) is 26.3 Å². The van der Waals surface area contributed by atoms with E-state index < -0.39 is 0 Å². The molecule has 0 aromatic heterocycles. The summed E-state index contributed by atoms with van der Waals surface area (Å²) in [5.74, 6) is 2.37. The fraction of sp³-hybridized carbons (Fsp3) is 0.435. The number of hydrogen-bond acceptors (Lipinski definition) is 4. The number of guanidine groups is 1. The van der Waals surface area contributed by atoms with E-state index in [0.717, 1.165) is 48.0 Å². The second-order valence-corrected chi connectivity index (χ2v) is 7.58. The van der Waals surface area contributed by atoms with E-state index in [1.165, 1.54) is 0 Å². The molecule has 1 atom stereocenters. The average molecular weight is 398 g/mol. The highest BCUT2D eigenvalue weighted by Crippen LogP contribution is 2.31. The second kappa shape index (κ2) is 10.3. The van der Waals surface area contributed by atoms with E-state index in [1.54, 1.807) is 7.05 Å². The van der Waals surface area contributed by atoms with Gasteiger partial charge in [-0.05, 0) is 43.5 Å². The molecule has 1 unspecified atom stereocenters. The van der Waals surface area contributed by atoms with E-state index in [4.69, 9.17) is 9.47 Å². The van der Waals surface area contributed by atoms with Crippen LogP contribution in [-0.4, -0.2) is 44.5 Å². The van der Waals surface area contributed by atoms with Gasteiger partial charge in [0, 0.05) is 44.3 Å². The molecular weight excluding hydrogens is 366 g/mol. The number of rotatable bonds is 8. The van der Waals surface area contributed by atoms with Crippen LogP contribution in [0.5, 0.6) is 11.5 Å². The molecule has 0 amide bonds. The smallest absolute Gasteiger partial charge is 0.191 e. The summed E-state index contributed by atoms with van der Waals surface area (Å²) in [4.78, 5) is 4.33. The molecule has 29 heavy (non-hydrogen) atoms. The van der Waals surface area contributed by atoms with Crippen molar-refractivity contribution in [2.24, 2.45) is 10.4 Å². The quantitative estimate of drug-likeness (QED) is 0.471. The minimum Gasteiger partial charge on any atom is -0.457 e. The van der Waals surface area contributed by atoms with Gasteiger partial charge < -0.3 is 25.2 Å². The molecule has 3 N–H and O–H groups in total. The number of nitrogens with one attached hydrogen (secondary N) is 2. The number of hydrogen-bond donors (Lipinski definition) is 3. The molecule has 1 fully saturated rings. The monoisotopic (exact) mass is 397 g/mol. The van der Waals surface area contributed by atoms with Crippen LogP contribution in [0.4, 0.5) is 0 Å². The molecular formula is C23H31N3O3. The van der Waals surface area contributed by atoms with Crippen molar-refractivity contribution in [3.05, 3.63) is 59.7 Å². The van der Waals surface area contributed by atoms with E-state index in [2.05, 4.69) is 28.6 Å². The van der Waals surface area contributed by atoms with E-state index in [0.29, 0.717) is 19.7 Å². The zero-order valence-corrected chi connectivity index (χ0v) is 17.3. The van der Waals surface area contributed by atoms with E-state index >= 15 is 0 Å². The van der Waals surface area contributed by atoms with Crippen LogP contribution in [0.2, 0.25) is 0 Å². The fourth-order valence-electron chi connectivity index (χ4n) is 3.54. The molecule has 3 rings (SSSR count). The molecule has 6 heteroatoms. The van der Waals surface area contributed by atoms with E-state index in [-0.39, 0.29) is 12.0 Å². The minimum atomic E-state index is -0.0292. The second-order valence-electron chi connectivity index (χ2n) is 7.58. The average Bonchev–Trinajstić information content (AvgIpc) is 3.18. The molecule has 0 saturated carbocycles. The number of aliphatic hydroxyl groups excluding tert-OH is 1. The predicted octanol–water partition coefficient (Wildman–Crippen LogP) is 3.24. The van der Waals surface area contributed by atoms with Gasteiger partial charge in [-0.3, -0.25) is 4.99 Å². The van der Waals surface area contributed by atoms with Gasteiger partial charge in [0.15, 0.2) is 5.96 Å². The van der Waals surface area contributed by atoms with Gasteiger partial charge in [-0.1, -0.05) is 30.3 Å². The lowest BCUT2D eigenvalue weighted by Crippen LogP contribution is -2.44. The summed E-state index contributed by atoms with van der Waals surface area (Å²) in [5, 5.41) is 16.1. The van der Waals surface area contributed by atoms with Crippen LogP contribution in [0.1, 0.15) is 24.0 Å². The molecule has 6 nitrogen and oxygen atoms in total. The molecule has 2 aromatic carbocycles. The van der Waals surface area contributed by atoms with Gasteiger partial charge in [-0.25, -0.2) is 0 Å². The minimum absolute atomic E-state index is 0.0292. The Morgan fingerprint density at radius 1 is 1.21 bits per heavy atom. The molecule has 0 aliphatic carbocycles. The zero-order valence-electron chi connectivity index (χ0n) is 17.3. The maximum Gasteiger partial charge on any atom is 0.191 e. The van der Waals surface area contributed by atoms with Crippen LogP contribution in [0, 0.1) is 12.3 Å². The molecule has 0 radical (unpaired) electrons. The highest BCUT2D eigenvalue weighted by Gasteiger charge is 2.34. The first kappa shape index (κ1) is 21.1. The number of ether oxygens (including phenoxy) is 2. The van der Waals surface area contributed by atoms with Crippen molar-refractivity contribution in [1.82, 2.24) is 10.6 Å². The Kier molecular flexibility index (Phi) is 7.49. The van der Waals surface area contributed by atoms with Crippen LogP contribution < -0.4 is 15.4 Å². The van der Waals surface area contributed by atoms with Crippen LogP contribution >= 0.6 is 0 Å². The zero-order chi connectivity index (χ0) is 20.5. The molecule has 1 saturated heterocycles. The summed E-state index contributed by atoms with van der Waals surface area (Å²) in [6.45, 7) is 4.94. The van der Waals surface area contributed by atoms with Crippen molar-refractivity contribution in [2.75, 3.05) is 33.4 Å². The molecule has 0 bridgehead atoms. The lowest BCUT2D eigenvalue weighted by Gasteiger charge is -2.27. The molecule has 1 aliphatic heterocycles. The van der Waals surface area contributed by atoms with Crippen molar-refractivity contribution in [3.8, 4) is 11.5 Å². The van der Waals surface area contributed by atoms with Crippen molar-refractivity contribution < 1.29 is 14.6 Å². The summed E-state index contributed by atoms with van der Waals surface area (Å²) in [6.07, 6.45) is 1.68. The van der Waals surface area contributed by atoms with Gasteiger partial charge in [0.25, 0.3) is 0 Å². The van der Waals surface area contributed by atoms with Gasteiger partial charge >= 0.3 is 0 Å². The third-order valence-corrected chi connectivity index (χ3v) is 5.32. The third kappa shape index (κ3) is 5.95. The van der Waals surface area contributed by atoms with Crippen LogP contribution in [0.3, 0.4) is 0 Å². The molecule has 1 aliphatic rings. The predicted molar refractivity (Wildman–Crippen MR) is 115 cm³/mol. The molecule has 0 spiro atoms. The maximum absolute atomic E-state index is 9.39. The topological polar surface area (TPSA) is 75.1 Å². The number of benzene rings is 2. The number of aliphatic hydroxyl groups is 1. The maximum atomic E-state index is 9.39. The number of aryl methyl sites for hydroxylation is 1. The Hall–Kier alpha value is -2.57. The SMILES string of the molecule is CN=C(NCc1ccccc1Oc1cccc(C)c1)NCC1(CCO)CCOC1. The van der Waals surface area contributed by atoms with Gasteiger partial charge in [-0.2, -0.15) is 0 Å². The largest absolute Gasteiger partial charge is 0.457 e. The summed E-state index contributed by atoms with van der Waals surface area (Å²) < 4.78 is 11.7. The van der Waals surface area contributed by atoms with Gasteiger partial charge in [0.2, 0.25) is 0 Å². The summed E-state index contributed by atoms with van der Waals surface area (Å²) in [5.41, 5.74) is 2.18. The van der Waals surface area contributed by atoms with Crippen molar-refractivity contribution in [3.63, 3.8) is 0 Å². The highest BCUT2D eigenvalue weighted by molar-refractivity contribution is 5.79. The molecule has 156 valence electrons. The molecule has 1 heterocycles. The third-order valence-electron chi connectivity index (χ3n) is 5.32. The fourth-order valence-corrected chi connectivity index (χ4v) is 3.54. The first-order valence-corrected chi connectivity index (χ1v) is 10.1. The first-order chi connectivity index (χ1) is 14.1. The first-order valence-electron chi connectivity index (χ1n) is 10.1. The summed E-state index contributed by atoms with van der Waals surface area (Å²) >= 11 is 0. The van der Waals surface area contributed by atoms with Crippen molar-refractivity contribution in [1.29, 1.82) is 0 Å². The summed E-state index contributed by atoms with van der Waals surface area (Å²) in [6, 6.07) is 16.0. The summed E-state index contributed by atoms with van der Waals surface area (Å²) in [7, 11) is 1.76. The number of nitrogens with zero attached hydrogens (tertiary/aromatic N) is 1.